The number of rotatable bonds is 3. The number of fused-ring (bicyclic) bond motifs is 1. The summed E-state index contributed by atoms with van der Waals surface area (Å²) in [4.78, 5) is 10.3. The molecular formula is C8H7AgN3O4+. The number of nitrogens with zero attached hydrogens (tertiary/aromatic N) is 2. The maximum Gasteiger partial charge on any atom is 1.00 e. The molecule has 2 rings (SSSR count). The molecule has 0 aliphatic rings. The van der Waals surface area contributed by atoms with Gasteiger partial charge in [0.2, 0.25) is 0 Å². The monoisotopic (exact) mass is 316 g/mol. The number of aromatic nitrogens is 3. The Morgan fingerprint density at radius 2 is 2.19 bits per heavy atom. The van der Waals surface area contributed by atoms with E-state index in [0.29, 0.717) is 5.52 Å². The first-order chi connectivity index (χ1) is 7.18. The van der Waals surface area contributed by atoms with Gasteiger partial charge in [-0.15, -0.1) is 0 Å². The van der Waals surface area contributed by atoms with Crippen LogP contribution in [0.5, 0.6) is 11.5 Å². The fourth-order valence-electron chi connectivity index (χ4n) is 1.14. The van der Waals surface area contributed by atoms with Crippen LogP contribution in [0.15, 0.2) is 12.1 Å². The number of phenolic OH excluding ortho intramolecular Hbond substituents is 1. The second-order valence-corrected chi connectivity index (χ2v) is 2.79. The Labute approximate surface area is 105 Å². The molecule has 1 aromatic heterocycles. The van der Waals surface area contributed by atoms with Crippen molar-refractivity contribution >= 4 is 17.0 Å². The fraction of sp³-hybridized carbons (Fsp3) is 0.125. The van der Waals surface area contributed by atoms with Gasteiger partial charge in [-0.2, -0.15) is 15.4 Å². The van der Waals surface area contributed by atoms with Crippen LogP contribution in [0, 0.1) is 0 Å². The molecule has 1 heterocycles. The van der Waals surface area contributed by atoms with Crippen LogP contribution < -0.4 is 4.74 Å². The summed E-state index contributed by atoms with van der Waals surface area (Å²) in [6, 6.07) is 3.00. The average Bonchev–Trinajstić information content (AvgIpc) is 2.65. The summed E-state index contributed by atoms with van der Waals surface area (Å²) in [5.74, 6) is -1.27. The Morgan fingerprint density at radius 1 is 1.44 bits per heavy atom. The number of nitrogens with one attached hydrogen (secondary N) is 1. The zero-order chi connectivity index (χ0) is 10.8. The van der Waals surface area contributed by atoms with Gasteiger partial charge >= 0.3 is 28.3 Å². The third-order valence-electron chi connectivity index (χ3n) is 1.78. The number of hydrogen-bond donors (Lipinski definition) is 3. The van der Waals surface area contributed by atoms with Crippen LogP contribution in [-0.2, 0) is 27.2 Å². The van der Waals surface area contributed by atoms with Crippen LogP contribution in [0.3, 0.4) is 0 Å². The van der Waals surface area contributed by atoms with Gasteiger partial charge < -0.3 is 14.9 Å². The summed E-state index contributed by atoms with van der Waals surface area (Å²) < 4.78 is 4.84. The maximum atomic E-state index is 10.3. The number of carboxylic acid groups (broad SMARTS) is 1. The topological polar surface area (TPSA) is 108 Å². The summed E-state index contributed by atoms with van der Waals surface area (Å²) in [6.07, 6.45) is 0. The third kappa shape index (κ3) is 2.32. The Bertz CT molecular complexity index is 513. The van der Waals surface area contributed by atoms with Gasteiger partial charge in [0.25, 0.3) is 0 Å². The Kier molecular flexibility index (Phi) is 3.88. The normalized spacial score (nSPS) is 9.75. The van der Waals surface area contributed by atoms with Crippen molar-refractivity contribution in [3.63, 3.8) is 0 Å². The molecule has 7 nitrogen and oxygen atoms in total. The molecule has 0 bridgehead atoms. The van der Waals surface area contributed by atoms with E-state index in [2.05, 4.69) is 15.4 Å². The van der Waals surface area contributed by atoms with E-state index < -0.39 is 12.6 Å². The number of hydrogen-bond acceptors (Lipinski definition) is 5. The van der Waals surface area contributed by atoms with Crippen molar-refractivity contribution in [2.24, 2.45) is 0 Å². The predicted octanol–water partition coefficient (Wildman–Crippen LogP) is 0.124. The number of benzene rings is 1. The molecule has 2 aromatic rings. The fourth-order valence-corrected chi connectivity index (χ4v) is 1.14. The molecule has 0 fully saturated rings. The Hall–Kier alpha value is -1.57. The first kappa shape index (κ1) is 12.5. The first-order valence-electron chi connectivity index (χ1n) is 4.05. The van der Waals surface area contributed by atoms with E-state index in [1.165, 1.54) is 6.07 Å². The molecule has 0 spiro atoms. The minimum atomic E-state index is -1.12. The number of phenols is 1. The van der Waals surface area contributed by atoms with Gasteiger partial charge in [0.1, 0.15) is 5.52 Å². The van der Waals surface area contributed by atoms with Crippen molar-refractivity contribution in [1.29, 1.82) is 0 Å². The largest absolute Gasteiger partial charge is 1.00 e. The van der Waals surface area contributed by atoms with Gasteiger partial charge in [0.15, 0.2) is 23.6 Å². The molecule has 0 amide bonds. The molecule has 0 saturated heterocycles. The molecule has 1 aromatic carbocycles. The van der Waals surface area contributed by atoms with E-state index in [-0.39, 0.29) is 39.4 Å². The number of ether oxygens (including phenoxy) is 1. The zero-order valence-corrected chi connectivity index (χ0v) is 9.25. The molecule has 3 N–H and O–H groups in total. The van der Waals surface area contributed by atoms with E-state index >= 15 is 0 Å². The molecule has 0 unspecified atom stereocenters. The zero-order valence-electron chi connectivity index (χ0n) is 7.77. The second-order valence-electron chi connectivity index (χ2n) is 2.79. The van der Waals surface area contributed by atoms with E-state index in [0.717, 1.165) is 0 Å². The second kappa shape index (κ2) is 4.97. The van der Waals surface area contributed by atoms with Crippen molar-refractivity contribution in [2.45, 2.75) is 0 Å². The molecule has 0 aliphatic heterocycles. The summed E-state index contributed by atoms with van der Waals surface area (Å²) in [6.45, 7) is -0.517. The van der Waals surface area contributed by atoms with Gasteiger partial charge in [-0.05, 0) is 12.1 Å². The molecule has 0 radical (unpaired) electrons. The van der Waals surface area contributed by atoms with Crippen LogP contribution in [0.1, 0.15) is 0 Å². The van der Waals surface area contributed by atoms with Crippen molar-refractivity contribution in [1.82, 2.24) is 15.4 Å². The van der Waals surface area contributed by atoms with Crippen LogP contribution >= 0.6 is 0 Å². The van der Waals surface area contributed by atoms with Crippen molar-refractivity contribution in [3.05, 3.63) is 12.1 Å². The minimum Gasteiger partial charge on any atom is -0.503 e. The quantitative estimate of drug-likeness (QED) is 0.694. The van der Waals surface area contributed by atoms with Gasteiger partial charge in [-0.3, -0.25) is 0 Å². The number of aliphatic carboxylic acids is 1. The van der Waals surface area contributed by atoms with Crippen LogP contribution in [0.25, 0.3) is 11.0 Å². The van der Waals surface area contributed by atoms with Crippen molar-refractivity contribution in [3.8, 4) is 11.5 Å². The smallest absolute Gasteiger partial charge is 0.503 e. The van der Waals surface area contributed by atoms with Gasteiger partial charge in [-0.25, -0.2) is 4.79 Å². The summed E-state index contributed by atoms with van der Waals surface area (Å²) in [5, 5.41) is 27.8. The number of carbonyl (C=O) groups is 1. The number of H-pyrrole nitrogens is 1. The predicted molar refractivity (Wildman–Crippen MR) is 48.7 cm³/mol. The SMILES string of the molecule is O=C(O)COc1ccc2n[nH]nc2c1O.[Ag+]. The molecule has 0 aliphatic carbocycles. The maximum absolute atomic E-state index is 10.3. The molecule has 0 atom stereocenters. The van der Waals surface area contributed by atoms with E-state index in [9.17, 15) is 9.90 Å². The van der Waals surface area contributed by atoms with Gasteiger partial charge in [0, 0.05) is 0 Å². The Balaban J connectivity index is 0.00000128. The van der Waals surface area contributed by atoms with Crippen molar-refractivity contribution in [2.75, 3.05) is 6.61 Å². The summed E-state index contributed by atoms with van der Waals surface area (Å²) in [7, 11) is 0. The van der Waals surface area contributed by atoms with Crippen LogP contribution in [0.2, 0.25) is 0 Å². The molecule has 8 heteroatoms. The number of carboxylic acids is 1. The third-order valence-corrected chi connectivity index (χ3v) is 1.78. The first-order valence-corrected chi connectivity index (χ1v) is 4.05. The summed E-state index contributed by atoms with van der Waals surface area (Å²) >= 11 is 0. The molecule has 16 heavy (non-hydrogen) atoms. The number of aromatic hydroxyl groups is 1. The summed E-state index contributed by atoms with van der Waals surface area (Å²) in [5.41, 5.74) is 0.730. The van der Waals surface area contributed by atoms with Crippen molar-refractivity contribution < 1.29 is 42.1 Å². The number of aromatic amines is 1. The standard InChI is InChI=1S/C8H7N3O4.Ag/c12-6(13)3-15-5-2-1-4-7(8(5)14)10-11-9-4;/h1-2,14H,3H2,(H,12,13)(H,9,10,11);/q;+1. The van der Waals surface area contributed by atoms with Crippen LogP contribution in [-0.4, -0.2) is 38.2 Å². The molecule has 0 saturated carbocycles. The van der Waals surface area contributed by atoms with E-state index in [4.69, 9.17) is 9.84 Å². The van der Waals surface area contributed by atoms with Gasteiger partial charge in [0.05, 0.1) is 0 Å². The van der Waals surface area contributed by atoms with Gasteiger partial charge in [-0.1, -0.05) is 0 Å². The minimum absolute atomic E-state index is 0. The Morgan fingerprint density at radius 3 is 2.88 bits per heavy atom. The van der Waals surface area contributed by atoms with Crippen LogP contribution in [0.4, 0.5) is 0 Å². The molecule has 88 valence electrons. The average molecular weight is 317 g/mol. The molecular weight excluding hydrogens is 310 g/mol. The van der Waals surface area contributed by atoms with E-state index in [1.54, 1.807) is 6.07 Å². The van der Waals surface area contributed by atoms with E-state index in [1.807, 2.05) is 0 Å².